The van der Waals surface area contributed by atoms with Gasteiger partial charge >= 0.3 is 0 Å². The molecule has 5 rings (SSSR count). The summed E-state index contributed by atoms with van der Waals surface area (Å²) in [6.45, 7) is 7.81. The third kappa shape index (κ3) is 3.95. The van der Waals surface area contributed by atoms with Crippen molar-refractivity contribution >= 4 is 5.91 Å². The standard InChI is InChI=1S/C24H36N4O2/c1-15-5-7-18(8-6-15)27-11-9-21-20(14-27)23(29)26-22(25-21)17-4-3-10-28(13-17)24(30)19-12-16(19)2/h15-19H,3-14H2,1-2H3,(H,25,26,29)/t15?,16-,17-,18?,19+/m1/s1. The van der Waals surface area contributed by atoms with Crippen molar-refractivity contribution in [2.75, 3.05) is 19.6 Å². The number of carbonyl (C=O) groups excluding carboxylic acids is 1. The van der Waals surface area contributed by atoms with Crippen LogP contribution in [0.5, 0.6) is 0 Å². The highest BCUT2D eigenvalue weighted by molar-refractivity contribution is 5.81. The van der Waals surface area contributed by atoms with Gasteiger partial charge in [0, 0.05) is 50.5 Å². The summed E-state index contributed by atoms with van der Waals surface area (Å²) in [6, 6.07) is 0.621. The van der Waals surface area contributed by atoms with Gasteiger partial charge in [-0.25, -0.2) is 4.98 Å². The molecule has 3 atom stereocenters. The number of hydrogen-bond acceptors (Lipinski definition) is 4. The zero-order valence-electron chi connectivity index (χ0n) is 18.5. The molecule has 2 aliphatic heterocycles. The lowest BCUT2D eigenvalue weighted by Gasteiger charge is -2.38. The summed E-state index contributed by atoms with van der Waals surface area (Å²) in [6.07, 6.45) is 9.01. The van der Waals surface area contributed by atoms with E-state index in [2.05, 4.69) is 23.7 Å². The van der Waals surface area contributed by atoms with Crippen LogP contribution in [0.1, 0.15) is 81.8 Å². The number of aromatic amines is 1. The molecule has 1 amide bonds. The number of H-pyrrole nitrogens is 1. The van der Waals surface area contributed by atoms with Crippen LogP contribution in [0.2, 0.25) is 0 Å². The first-order valence-corrected chi connectivity index (χ1v) is 12.1. The topological polar surface area (TPSA) is 69.3 Å². The maximum Gasteiger partial charge on any atom is 0.255 e. The third-order valence-corrected chi connectivity index (χ3v) is 8.16. The van der Waals surface area contributed by atoms with Crippen LogP contribution in [0.4, 0.5) is 0 Å². The summed E-state index contributed by atoms with van der Waals surface area (Å²) in [5.41, 5.74) is 1.91. The largest absolute Gasteiger partial charge is 0.342 e. The van der Waals surface area contributed by atoms with Crippen LogP contribution in [-0.4, -0.2) is 51.4 Å². The molecule has 1 aromatic heterocycles. The molecule has 3 fully saturated rings. The van der Waals surface area contributed by atoms with Crippen LogP contribution in [0.15, 0.2) is 4.79 Å². The van der Waals surface area contributed by atoms with Crippen molar-refractivity contribution in [3.05, 3.63) is 27.4 Å². The summed E-state index contributed by atoms with van der Waals surface area (Å²) < 4.78 is 0. The van der Waals surface area contributed by atoms with Crippen molar-refractivity contribution in [2.24, 2.45) is 17.8 Å². The number of hydrogen-bond donors (Lipinski definition) is 1. The molecule has 0 spiro atoms. The molecule has 164 valence electrons. The van der Waals surface area contributed by atoms with E-state index in [1.54, 1.807) is 0 Å². The van der Waals surface area contributed by atoms with Crippen molar-refractivity contribution < 1.29 is 4.79 Å². The third-order valence-electron chi connectivity index (χ3n) is 8.16. The van der Waals surface area contributed by atoms with Crippen LogP contribution >= 0.6 is 0 Å². The molecule has 6 nitrogen and oxygen atoms in total. The molecule has 2 aliphatic carbocycles. The van der Waals surface area contributed by atoms with Crippen LogP contribution in [0.25, 0.3) is 0 Å². The second kappa shape index (κ2) is 8.10. The maximum atomic E-state index is 13.0. The Kier molecular flexibility index (Phi) is 5.46. The Morgan fingerprint density at radius 1 is 1.10 bits per heavy atom. The van der Waals surface area contributed by atoms with Crippen molar-refractivity contribution in [2.45, 2.75) is 83.7 Å². The van der Waals surface area contributed by atoms with E-state index < -0.39 is 0 Å². The van der Waals surface area contributed by atoms with Crippen molar-refractivity contribution in [1.82, 2.24) is 19.8 Å². The molecule has 4 aliphatic rings. The Morgan fingerprint density at radius 2 is 1.87 bits per heavy atom. The SMILES string of the molecule is CC1CCC(N2CCc3nc([C@@H]4CCCN(C(=O)[C@H]5C[C@H]5C)C4)[nH]c(=O)c3C2)CC1. The number of nitrogens with zero attached hydrogens (tertiary/aromatic N) is 3. The van der Waals surface area contributed by atoms with Gasteiger partial charge in [0.15, 0.2) is 0 Å². The van der Waals surface area contributed by atoms with E-state index in [1.165, 1.54) is 25.7 Å². The van der Waals surface area contributed by atoms with Crippen LogP contribution < -0.4 is 5.56 Å². The molecule has 1 aromatic rings. The molecule has 3 heterocycles. The zero-order chi connectivity index (χ0) is 20.8. The minimum atomic E-state index is 0.0446. The molecule has 0 aromatic carbocycles. The van der Waals surface area contributed by atoms with Gasteiger partial charge in [-0.3, -0.25) is 14.5 Å². The van der Waals surface area contributed by atoms with Crippen molar-refractivity contribution in [3.63, 3.8) is 0 Å². The minimum Gasteiger partial charge on any atom is -0.342 e. The molecule has 30 heavy (non-hydrogen) atoms. The van der Waals surface area contributed by atoms with Gasteiger partial charge in [0.25, 0.3) is 5.56 Å². The summed E-state index contributed by atoms with van der Waals surface area (Å²) in [4.78, 5) is 38.3. The van der Waals surface area contributed by atoms with Gasteiger partial charge in [-0.05, 0) is 56.8 Å². The summed E-state index contributed by atoms with van der Waals surface area (Å²) in [7, 11) is 0. The normalized spacial score (nSPS) is 34.5. The van der Waals surface area contributed by atoms with Gasteiger partial charge in [0.1, 0.15) is 5.82 Å². The molecule has 1 N–H and O–H groups in total. The first kappa shape index (κ1) is 20.2. The lowest BCUT2D eigenvalue weighted by atomic mass is 9.86. The summed E-state index contributed by atoms with van der Waals surface area (Å²) >= 11 is 0. The molecule has 1 saturated heterocycles. The highest BCUT2D eigenvalue weighted by Crippen LogP contribution is 2.40. The number of amides is 1. The fourth-order valence-corrected chi connectivity index (χ4v) is 5.88. The van der Waals surface area contributed by atoms with Crippen LogP contribution in [0, 0.1) is 17.8 Å². The minimum absolute atomic E-state index is 0.0446. The first-order chi connectivity index (χ1) is 14.5. The van der Waals surface area contributed by atoms with Gasteiger partial charge in [-0.15, -0.1) is 0 Å². The number of fused-ring (bicyclic) bond motifs is 1. The van der Waals surface area contributed by atoms with E-state index in [9.17, 15) is 9.59 Å². The molecule has 2 saturated carbocycles. The number of likely N-dealkylation sites (tertiary alicyclic amines) is 1. The summed E-state index contributed by atoms with van der Waals surface area (Å²) in [5, 5.41) is 0. The Labute approximate surface area is 179 Å². The molecule has 6 heteroatoms. The Balaban J connectivity index is 1.29. The molecule has 0 bridgehead atoms. The lowest BCUT2D eigenvalue weighted by molar-refractivity contribution is -0.134. The maximum absolute atomic E-state index is 13.0. The smallest absolute Gasteiger partial charge is 0.255 e. The second-order valence-electron chi connectivity index (χ2n) is 10.5. The average Bonchev–Trinajstić information content (AvgIpc) is 3.50. The summed E-state index contributed by atoms with van der Waals surface area (Å²) in [5.74, 6) is 2.89. The monoisotopic (exact) mass is 412 g/mol. The van der Waals surface area contributed by atoms with Gasteiger partial charge in [-0.1, -0.05) is 13.8 Å². The second-order valence-corrected chi connectivity index (χ2v) is 10.5. The number of piperidine rings is 1. The predicted octanol–water partition coefficient (Wildman–Crippen LogP) is 3.07. The number of aromatic nitrogens is 2. The van der Waals surface area contributed by atoms with Gasteiger partial charge in [0.05, 0.1) is 11.3 Å². The van der Waals surface area contributed by atoms with E-state index in [1.807, 2.05) is 4.90 Å². The van der Waals surface area contributed by atoms with Gasteiger partial charge in [-0.2, -0.15) is 0 Å². The van der Waals surface area contributed by atoms with Crippen LogP contribution in [-0.2, 0) is 17.8 Å². The molecule has 0 unspecified atom stereocenters. The molecular formula is C24H36N4O2. The number of nitrogens with one attached hydrogen (secondary N) is 1. The quantitative estimate of drug-likeness (QED) is 0.828. The average molecular weight is 413 g/mol. The predicted molar refractivity (Wildman–Crippen MR) is 116 cm³/mol. The van der Waals surface area contributed by atoms with E-state index in [0.717, 1.165) is 68.3 Å². The van der Waals surface area contributed by atoms with E-state index >= 15 is 0 Å². The lowest BCUT2D eigenvalue weighted by Crippen LogP contribution is -2.44. The van der Waals surface area contributed by atoms with Crippen molar-refractivity contribution in [3.8, 4) is 0 Å². The first-order valence-electron chi connectivity index (χ1n) is 12.1. The highest BCUT2D eigenvalue weighted by Gasteiger charge is 2.42. The van der Waals surface area contributed by atoms with Crippen LogP contribution in [0.3, 0.4) is 0 Å². The molecule has 0 radical (unpaired) electrons. The highest BCUT2D eigenvalue weighted by atomic mass is 16.2. The van der Waals surface area contributed by atoms with Crippen molar-refractivity contribution in [1.29, 1.82) is 0 Å². The zero-order valence-corrected chi connectivity index (χ0v) is 18.5. The van der Waals surface area contributed by atoms with Gasteiger partial charge in [0.2, 0.25) is 5.91 Å². The fourth-order valence-electron chi connectivity index (χ4n) is 5.88. The van der Waals surface area contributed by atoms with E-state index in [4.69, 9.17) is 4.98 Å². The Morgan fingerprint density at radius 3 is 2.60 bits per heavy atom. The molecular weight excluding hydrogens is 376 g/mol. The fraction of sp³-hybridized carbons (Fsp3) is 0.792. The number of carbonyl (C=O) groups is 1. The Hall–Kier alpha value is -1.69. The number of rotatable bonds is 3. The van der Waals surface area contributed by atoms with E-state index in [0.29, 0.717) is 24.4 Å². The van der Waals surface area contributed by atoms with Gasteiger partial charge < -0.3 is 9.88 Å². The van der Waals surface area contributed by atoms with E-state index in [-0.39, 0.29) is 17.4 Å². The Bertz CT molecular complexity index is 857.